The lowest BCUT2D eigenvalue weighted by molar-refractivity contribution is -0.115. The normalized spacial score (nSPS) is 10.8. The van der Waals surface area contributed by atoms with Crippen molar-refractivity contribution in [2.75, 3.05) is 5.32 Å². The van der Waals surface area contributed by atoms with Crippen LogP contribution in [0.3, 0.4) is 0 Å². The molecule has 1 amide bonds. The maximum absolute atomic E-state index is 13.6. The molecule has 0 aliphatic rings. The summed E-state index contributed by atoms with van der Waals surface area (Å²) in [6.07, 6.45) is 1.77. The lowest BCUT2D eigenvalue weighted by Gasteiger charge is -2.08. The molecular formula is C21H16FN3O. The molecule has 4 rings (SSSR count). The van der Waals surface area contributed by atoms with E-state index in [1.165, 1.54) is 6.07 Å². The lowest BCUT2D eigenvalue weighted by Crippen LogP contribution is -2.15. The van der Waals surface area contributed by atoms with E-state index >= 15 is 0 Å². The van der Waals surface area contributed by atoms with Gasteiger partial charge in [-0.25, -0.2) is 9.37 Å². The van der Waals surface area contributed by atoms with Gasteiger partial charge in [0.25, 0.3) is 0 Å². The quantitative estimate of drug-likeness (QED) is 0.598. The van der Waals surface area contributed by atoms with Crippen molar-refractivity contribution in [3.8, 4) is 5.69 Å². The van der Waals surface area contributed by atoms with Crippen LogP contribution < -0.4 is 5.32 Å². The Balaban J connectivity index is 1.49. The summed E-state index contributed by atoms with van der Waals surface area (Å²) in [5, 5.41) is 2.80. The molecule has 1 N–H and O–H groups in total. The first-order valence-corrected chi connectivity index (χ1v) is 8.26. The van der Waals surface area contributed by atoms with E-state index in [2.05, 4.69) is 10.3 Å². The molecule has 0 saturated carbocycles. The molecule has 4 nitrogen and oxygen atoms in total. The van der Waals surface area contributed by atoms with Crippen LogP contribution in [0, 0.1) is 5.82 Å². The number of fused-ring (bicyclic) bond motifs is 1. The molecule has 128 valence electrons. The van der Waals surface area contributed by atoms with Crippen molar-refractivity contribution in [3.63, 3.8) is 0 Å². The minimum atomic E-state index is -0.370. The molecule has 0 saturated heterocycles. The second-order valence-corrected chi connectivity index (χ2v) is 5.97. The van der Waals surface area contributed by atoms with Crippen molar-refractivity contribution < 1.29 is 9.18 Å². The third-order valence-electron chi connectivity index (χ3n) is 4.19. The van der Waals surface area contributed by atoms with Gasteiger partial charge in [-0.3, -0.25) is 9.36 Å². The fraction of sp³-hybridized carbons (Fsp3) is 0.0476. The van der Waals surface area contributed by atoms with E-state index in [0.717, 1.165) is 16.7 Å². The van der Waals surface area contributed by atoms with E-state index in [0.29, 0.717) is 11.3 Å². The molecule has 0 radical (unpaired) electrons. The summed E-state index contributed by atoms with van der Waals surface area (Å²) >= 11 is 0. The van der Waals surface area contributed by atoms with Crippen LogP contribution in [0.4, 0.5) is 10.1 Å². The fourth-order valence-corrected chi connectivity index (χ4v) is 2.89. The molecule has 0 fully saturated rings. The van der Waals surface area contributed by atoms with Gasteiger partial charge in [0, 0.05) is 11.4 Å². The van der Waals surface area contributed by atoms with E-state index in [1.807, 2.05) is 53.1 Å². The van der Waals surface area contributed by atoms with Crippen molar-refractivity contribution >= 4 is 22.6 Å². The molecule has 26 heavy (non-hydrogen) atoms. The third-order valence-corrected chi connectivity index (χ3v) is 4.19. The number of hydrogen-bond acceptors (Lipinski definition) is 2. The van der Waals surface area contributed by atoms with E-state index in [9.17, 15) is 9.18 Å². The maximum atomic E-state index is 13.6. The van der Waals surface area contributed by atoms with Gasteiger partial charge in [-0.15, -0.1) is 0 Å². The van der Waals surface area contributed by atoms with Gasteiger partial charge < -0.3 is 5.32 Å². The van der Waals surface area contributed by atoms with Gasteiger partial charge in [0.1, 0.15) is 12.1 Å². The molecule has 1 heterocycles. The highest BCUT2D eigenvalue weighted by atomic mass is 19.1. The summed E-state index contributed by atoms with van der Waals surface area (Å²) < 4.78 is 15.6. The second kappa shape index (κ2) is 6.80. The van der Waals surface area contributed by atoms with Crippen LogP contribution >= 0.6 is 0 Å². The number of benzene rings is 3. The molecule has 3 aromatic carbocycles. The first kappa shape index (κ1) is 16.0. The van der Waals surface area contributed by atoms with Gasteiger partial charge in [0.05, 0.1) is 17.5 Å². The van der Waals surface area contributed by atoms with Crippen molar-refractivity contribution in [1.82, 2.24) is 9.55 Å². The number of hydrogen-bond donors (Lipinski definition) is 1. The number of nitrogens with zero attached hydrogens (tertiary/aromatic N) is 2. The fourth-order valence-electron chi connectivity index (χ4n) is 2.89. The standard InChI is InChI=1S/C21H16FN3O/c22-18-6-2-1-5-15(18)13-21(26)24-16-9-11-17(12-10-16)25-14-23-19-7-3-4-8-20(19)25/h1-12,14H,13H2,(H,24,26). The SMILES string of the molecule is O=C(Cc1ccccc1F)Nc1ccc(-n2cnc3ccccc32)cc1. The summed E-state index contributed by atoms with van der Waals surface area (Å²) in [7, 11) is 0. The maximum Gasteiger partial charge on any atom is 0.228 e. The number of imidazole rings is 1. The number of anilines is 1. The van der Waals surface area contributed by atoms with E-state index < -0.39 is 0 Å². The number of carbonyl (C=O) groups is 1. The second-order valence-electron chi connectivity index (χ2n) is 5.97. The van der Waals surface area contributed by atoms with E-state index in [1.54, 1.807) is 24.5 Å². The molecule has 0 aliphatic heterocycles. The largest absolute Gasteiger partial charge is 0.326 e. The first-order chi connectivity index (χ1) is 12.7. The zero-order valence-electron chi connectivity index (χ0n) is 13.9. The highest BCUT2D eigenvalue weighted by Gasteiger charge is 2.09. The Morgan fingerprint density at radius 3 is 2.50 bits per heavy atom. The van der Waals surface area contributed by atoms with Crippen LogP contribution in [0.1, 0.15) is 5.56 Å². The van der Waals surface area contributed by atoms with Gasteiger partial charge in [-0.2, -0.15) is 0 Å². The van der Waals surface area contributed by atoms with Gasteiger partial charge >= 0.3 is 0 Å². The smallest absolute Gasteiger partial charge is 0.228 e. The Morgan fingerprint density at radius 2 is 1.69 bits per heavy atom. The molecule has 5 heteroatoms. The summed E-state index contributed by atoms with van der Waals surface area (Å²) in [5.74, 6) is -0.624. The predicted molar refractivity (Wildman–Crippen MR) is 99.8 cm³/mol. The minimum absolute atomic E-state index is 0.000578. The van der Waals surface area contributed by atoms with Crippen LogP contribution in [-0.2, 0) is 11.2 Å². The first-order valence-electron chi connectivity index (χ1n) is 8.26. The molecule has 0 atom stereocenters. The van der Waals surface area contributed by atoms with Crippen LogP contribution in [-0.4, -0.2) is 15.5 Å². The zero-order chi connectivity index (χ0) is 17.9. The highest BCUT2D eigenvalue weighted by molar-refractivity contribution is 5.92. The Labute approximate surface area is 149 Å². The minimum Gasteiger partial charge on any atom is -0.326 e. The van der Waals surface area contributed by atoms with Crippen LogP contribution in [0.5, 0.6) is 0 Å². The summed E-state index contributed by atoms with van der Waals surface area (Å²) in [6.45, 7) is 0. The number of rotatable bonds is 4. The summed E-state index contributed by atoms with van der Waals surface area (Å²) in [6, 6.07) is 21.6. The summed E-state index contributed by atoms with van der Waals surface area (Å²) in [4.78, 5) is 16.5. The van der Waals surface area contributed by atoms with E-state index in [-0.39, 0.29) is 18.1 Å². The van der Waals surface area contributed by atoms with Gasteiger partial charge in [0.15, 0.2) is 0 Å². The number of aromatic nitrogens is 2. The van der Waals surface area contributed by atoms with Gasteiger partial charge in [-0.05, 0) is 48.0 Å². The lowest BCUT2D eigenvalue weighted by atomic mass is 10.1. The topological polar surface area (TPSA) is 46.9 Å². The highest BCUT2D eigenvalue weighted by Crippen LogP contribution is 2.19. The number of para-hydroxylation sites is 2. The predicted octanol–water partition coefficient (Wildman–Crippen LogP) is 4.35. The third kappa shape index (κ3) is 3.19. The van der Waals surface area contributed by atoms with Crippen LogP contribution in [0.15, 0.2) is 79.1 Å². The molecule has 1 aromatic heterocycles. The van der Waals surface area contributed by atoms with Crippen LogP contribution in [0.2, 0.25) is 0 Å². The Hall–Kier alpha value is -3.47. The number of nitrogens with one attached hydrogen (secondary N) is 1. The van der Waals surface area contributed by atoms with Gasteiger partial charge in [0.2, 0.25) is 5.91 Å². The van der Waals surface area contributed by atoms with Crippen molar-refractivity contribution in [3.05, 3.63) is 90.5 Å². The van der Waals surface area contributed by atoms with Crippen LogP contribution in [0.25, 0.3) is 16.7 Å². The number of amides is 1. The number of halogens is 1. The molecule has 4 aromatic rings. The molecule has 0 unspecified atom stereocenters. The Morgan fingerprint density at radius 1 is 0.962 bits per heavy atom. The molecule has 0 spiro atoms. The van der Waals surface area contributed by atoms with Gasteiger partial charge in [-0.1, -0.05) is 30.3 Å². The molecular weight excluding hydrogens is 329 g/mol. The van der Waals surface area contributed by atoms with Crippen molar-refractivity contribution in [1.29, 1.82) is 0 Å². The Kier molecular flexibility index (Phi) is 4.19. The van der Waals surface area contributed by atoms with Crippen molar-refractivity contribution in [2.45, 2.75) is 6.42 Å². The average molecular weight is 345 g/mol. The number of carbonyl (C=O) groups excluding carboxylic acids is 1. The van der Waals surface area contributed by atoms with Crippen molar-refractivity contribution in [2.24, 2.45) is 0 Å². The van der Waals surface area contributed by atoms with E-state index in [4.69, 9.17) is 0 Å². The Bertz CT molecular complexity index is 1070. The molecule has 0 bridgehead atoms. The average Bonchev–Trinajstić information content (AvgIpc) is 3.08. The summed E-state index contributed by atoms with van der Waals surface area (Å²) in [5.41, 5.74) is 3.94. The zero-order valence-corrected chi connectivity index (χ0v) is 13.9. The monoisotopic (exact) mass is 345 g/mol. The molecule has 0 aliphatic carbocycles.